The predicted octanol–water partition coefficient (Wildman–Crippen LogP) is 0.0911. The smallest absolute Gasteiger partial charge is 0.184 e. The average Bonchev–Trinajstić information content (AvgIpc) is 1.38. The molecule has 0 bridgehead atoms. The van der Waals surface area contributed by atoms with E-state index >= 15 is 0 Å². The lowest BCUT2D eigenvalue weighted by Gasteiger charge is -1.78. The first-order chi connectivity index (χ1) is 2.27. The van der Waals surface area contributed by atoms with Crippen molar-refractivity contribution >= 4 is 0 Å². The van der Waals surface area contributed by atoms with Crippen LogP contribution in [-0.4, -0.2) is 11.3 Å². The molecule has 3 nitrogen and oxygen atoms in total. The Kier molecular flexibility index (Phi) is 1.68. The van der Waals surface area contributed by atoms with E-state index in [1.54, 1.807) is 0 Å². The largest absolute Gasteiger partial charge is 0.369 e. The minimum absolute atomic E-state index is 1.05. The summed E-state index contributed by atoms with van der Waals surface area (Å²) in [4.78, 5) is 9.00. The van der Waals surface area contributed by atoms with Crippen LogP contribution in [0.4, 0.5) is 0 Å². The van der Waals surface area contributed by atoms with Crippen molar-refractivity contribution in [2.45, 2.75) is 13.2 Å². The molecule has 0 spiro atoms. The molecule has 0 fully saturated rings. The van der Waals surface area contributed by atoms with Gasteiger partial charge in [-0.05, 0) is 12.1 Å². The van der Waals surface area contributed by atoms with Gasteiger partial charge in [0.2, 0.25) is 0 Å². The Labute approximate surface area is 29.6 Å². The topological polar surface area (TPSA) is 49.7 Å². The van der Waals surface area contributed by atoms with E-state index in [2.05, 4.69) is 5.18 Å². The van der Waals surface area contributed by atoms with E-state index in [0.29, 0.717) is 0 Å². The van der Waals surface area contributed by atoms with Crippen LogP contribution in [0.25, 0.3) is 0 Å². The molecule has 1 N–H and O–H groups in total. The number of hydrogen-bond donors (Lipinski definition) is 1. The Balaban J connectivity index is 2.83. The van der Waals surface area contributed by atoms with Gasteiger partial charge in [-0.2, -0.15) is 0 Å². The van der Waals surface area contributed by atoms with Crippen LogP contribution in [-0.2, 0) is 0 Å². The second-order valence-corrected chi connectivity index (χ2v) is 0.737. The molecule has 0 aromatic rings. The lowest BCUT2D eigenvalue weighted by Crippen LogP contribution is -1.88. The van der Waals surface area contributed by atoms with Gasteiger partial charge in [-0.25, -0.2) is 0 Å². The fourth-order valence-corrected chi connectivity index (χ4v) is 0. The van der Waals surface area contributed by atoms with Crippen LogP contribution >= 0.6 is 0 Å². The first-order valence-corrected chi connectivity index (χ1v) is 1.28. The van der Waals surface area contributed by atoms with Crippen LogP contribution in [0.5, 0.6) is 0 Å². The number of hydrogen-bond acceptors (Lipinski definition) is 3. The molecule has 5 heavy (non-hydrogen) atoms. The second-order valence-electron chi connectivity index (χ2n) is 0.737. The monoisotopic (exact) mass is 75.0 g/mol. The third kappa shape index (κ3) is 3.56. The van der Waals surface area contributed by atoms with Crippen molar-refractivity contribution in [1.29, 1.82) is 0 Å². The van der Waals surface area contributed by atoms with Gasteiger partial charge in [0.25, 0.3) is 0 Å². The van der Waals surface area contributed by atoms with Crippen LogP contribution in [0.3, 0.4) is 0 Å². The Bertz CT molecular complexity index is 34.6. The maximum atomic E-state index is 9.00. The van der Waals surface area contributed by atoms with E-state index in [0.717, 1.165) is 0 Å². The zero-order chi connectivity index (χ0) is 4.28. The number of rotatable bonds is 1. The maximum absolute atomic E-state index is 9.00. The van der Waals surface area contributed by atoms with E-state index in [-0.39, 0.29) is 0 Å². The van der Waals surface area contributed by atoms with Gasteiger partial charge in [0.15, 0.2) is 6.23 Å². The minimum Gasteiger partial charge on any atom is -0.369 e. The molecule has 0 radical (unpaired) electrons. The highest BCUT2D eigenvalue weighted by Crippen LogP contribution is 1.73. The molecule has 0 rings (SSSR count). The molecule has 0 saturated carbocycles. The van der Waals surface area contributed by atoms with Gasteiger partial charge < -0.3 is 5.11 Å². The van der Waals surface area contributed by atoms with Gasteiger partial charge in [0.1, 0.15) is 0 Å². The fourth-order valence-electron chi connectivity index (χ4n) is 0. The van der Waals surface area contributed by atoms with Crippen LogP contribution in [0, 0.1) is 4.91 Å². The van der Waals surface area contributed by atoms with E-state index in [1.807, 2.05) is 0 Å². The third-order valence-corrected chi connectivity index (χ3v) is 0.153. The van der Waals surface area contributed by atoms with E-state index in [9.17, 15) is 0 Å². The van der Waals surface area contributed by atoms with E-state index in [1.165, 1.54) is 6.92 Å². The van der Waals surface area contributed by atoms with Gasteiger partial charge >= 0.3 is 0 Å². The van der Waals surface area contributed by atoms with E-state index in [4.69, 9.17) is 10.0 Å². The molecule has 0 saturated heterocycles. The van der Waals surface area contributed by atoms with Crippen molar-refractivity contribution in [1.82, 2.24) is 0 Å². The summed E-state index contributed by atoms with van der Waals surface area (Å²) in [7, 11) is 0. The lowest BCUT2D eigenvalue weighted by atomic mass is 10.7. The summed E-state index contributed by atoms with van der Waals surface area (Å²) in [5.74, 6) is 0. The highest BCUT2D eigenvalue weighted by Gasteiger charge is 1.82. The Morgan fingerprint density at radius 1 is 2.00 bits per heavy atom. The van der Waals surface area contributed by atoms with Crippen molar-refractivity contribution in [2.24, 2.45) is 5.18 Å². The highest BCUT2D eigenvalue weighted by atomic mass is 16.3. The summed E-state index contributed by atoms with van der Waals surface area (Å²) in [5.41, 5.74) is 0. The number of aliphatic hydroxyl groups excluding tert-OH is 1. The molecular formula is C2H5NO2. The normalized spacial score (nSPS) is 14.0. The fraction of sp³-hybridized carbons (Fsp3) is 1.00. The van der Waals surface area contributed by atoms with Gasteiger partial charge in [-0.3, -0.25) is 0 Å². The standard InChI is InChI=1S/C2H5NO2/c1-2(4)3-5/h2,4H,1H3/t2-/m0/s1. The summed E-state index contributed by atoms with van der Waals surface area (Å²) in [6.07, 6.45) is -1.05. The van der Waals surface area contributed by atoms with Crippen LogP contribution in [0.15, 0.2) is 5.18 Å². The molecule has 0 aromatic carbocycles. The molecule has 0 aromatic heterocycles. The zero-order valence-electron chi connectivity index (χ0n) is 2.88. The molecule has 0 amide bonds. The number of aliphatic hydroxyl groups is 1. The lowest BCUT2D eigenvalue weighted by molar-refractivity contribution is 0.203. The minimum atomic E-state index is -1.05. The highest BCUT2D eigenvalue weighted by molar-refractivity contribution is 4.31. The Morgan fingerprint density at radius 3 is 2.20 bits per heavy atom. The van der Waals surface area contributed by atoms with Crippen LogP contribution < -0.4 is 0 Å². The molecule has 0 aliphatic heterocycles. The molecule has 0 aliphatic rings. The summed E-state index contributed by atoms with van der Waals surface area (Å²) in [5, 5.41) is 10.1. The first-order valence-electron chi connectivity index (χ1n) is 1.28. The second kappa shape index (κ2) is 1.84. The number of nitroso groups, excluding NO2 is 1. The summed E-state index contributed by atoms with van der Waals surface area (Å²) in [6, 6.07) is 0. The summed E-state index contributed by atoms with van der Waals surface area (Å²) in [6.45, 7) is 1.30. The molecule has 0 aliphatic carbocycles. The van der Waals surface area contributed by atoms with Gasteiger partial charge in [-0.15, -0.1) is 4.91 Å². The van der Waals surface area contributed by atoms with Crippen molar-refractivity contribution in [3.05, 3.63) is 4.91 Å². The molecule has 1 atom stereocenters. The van der Waals surface area contributed by atoms with Crippen LogP contribution in [0.2, 0.25) is 0 Å². The summed E-state index contributed by atoms with van der Waals surface area (Å²) < 4.78 is 0. The first kappa shape index (κ1) is 4.56. The molecule has 0 heterocycles. The van der Waals surface area contributed by atoms with E-state index < -0.39 is 6.23 Å². The van der Waals surface area contributed by atoms with Crippen molar-refractivity contribution in [3.63, 3.8) is 0 Å². The van der Waals surface area contributed by atoms with Gasteiger partial charge in [-0.1, -0.05) is 0 Å². The number of nitrogens with zero attached hydrogens (tertiary/aromatic N) is 1. The molecule has 30 valence electrons. The molecular weight excluding hydrogens is 70.0 g/mol. The maximum Gasteiger partial charge on any atom is 0.184 e. The van der Waals surface area contributed by atoms with Crippen molar-refractivity contribution < 1.29 is 5.11 Å². The summed E-state index contributed by atoms with van der Waals surface area (Å²) >= 11 is 0. The Hall–Kier alpha value is -0.440. The van der Waals surface area contributed by atoms with Gasteiger partial charge in [0, 0.05) is 0 Å². The molecule has 0 unspecified atom stereocenters. The average molecular weight is 75.1 g/mol. The quantitative estimate of drug-likeness (QED) is 0.449. The van der Waals surface area contributed by atoms with Gasteiger partial charge in [0.05, 0.1) is 0 Å². The van der Waals surface area contributed by atoms with Crippen molar-refractivity contribution in [2.75, 3.05) is 0 Å². The third-order valence-electron chi connectivity index (χ3n) is 0.153. The zero-order valence-corrected chi connectivity index (χ0v) is 2.88. The SMILES string of the molecule is C[C@H](O)N=O. The van der Waals surface area contributed by atoms with Crippen LogP contribution in [0.1, 0.15) is 6.92 Å². The Morgan fingerprint density at radius 2 is 2.20 bits per heavy atom. The predicted molar refractivity (Wildman–Crippen MR) is 17.5 cm³/mol. The molecule has 3 heteroatoms. The van der Waals surface area contributed by atoms with Crippen molar-refractivity contribution in [3.8, 4) is 0 Å².